The number of carbonyl (C=O) groups is 1. The topological polar surface area (TPSA) is 73.6 Å². The molecule has 6 heteroatoms. The Labute approximate surface area is 157 Å². The van der Waals surface area contributed by atoms with Crippen LogP contribution in [0.3, 0.4) is 0 Å². The summed E-state index contributed by atoms with van der Waals surface area (Å²) in [4.78, 5) is 13.4. The number of carboxylic acids is 1. The number of ether oxygens (including phenoxy) is 1. The van der Waals surface area contributed by atoms with Crippen LogP contribution in [0.15, 0.2) is 42.5 Å². The van der Waals surface area contributed by atoms with E-state index in [1.165, 1.54) is 0 Å². The predicted octanol–water partition coefficient (Wildman–Crippen LogP) is 4.41. The molecule has 0 fully saturated rings. The van der Waals surface area contributed by atoms with Gasteiger partial charge in [-0.1, -0.05) is 11.6 Å². The standard InChI is InChI=1S/C20H19ClN2O3/c1-20(2)10-17(16-9-13(11-22)3-8-18(16)26-20)23(12-19(24)25)15-6-4-14(21)5-7-15/h3-9,17H,10,12H2,1-2H3,(H,24,25). The maximum Gasteiger partial charge on any atom is 0.323 e. The first kappa shape index (κ1) is 18.1. The molecule has 0 aliphatic carbocycles. The first-order chi connectivity index (χ1) is 12.3. The molecule has 2 aromatic rings. The molecular weight excluding hydrogens is 352 g/mol. The molecule has 1 unspecified atom stereocenters. The Kier molecular flexibility index (Phi) is 4.80. The number of hydrogen-bond acceptors (Lipinski definition) is 4. The lowest BCUT2D eigenvalue weighted by Gasteiger charge is -2.43. The average molecular weight is 371 g/mol. The van der Waals surface area contributed by atoms with Crippen LogP contribution in [0, 0.1) is 11.3 Å². The molecule has 5 nitrogen and oxygen atoms in total. The van der Waals surface area contributed by atoms with Crippen LogP contribution in [0.5, 0.6) is 5.75 Å². The fourth-order valence-electron chi connectivity index (χ4n) is 3.32. The van der Waals surface area contributed by atoms with E-state index in [0.29, 0.717) is 22.8 Å². The van der Waals surface area contributed by atoms with E-state index in [9.17, 15) is 15.2 Å². The number of hydrogen-bond donors (Lipinski definition) is 1. The highest BCUT2D eigenvalue weighted by atomic mass is 35.5. The second-order valence-corrected chi connectivity index (χ2v) is 7.38. The zero-order valence-corrected chi connectivity index (χ0v) is 15.3. The minimum Gasteiger partial charge on any atom is -0.487 e. The zero-order valence-electron chi connectivity index (χ0n) is 14.6. The van der Waals surface area contributed by atoms with Gasteiger partial charge >= 0.3 is 5.97 Å². The number of aliphatic carboxylic acids is 1. The van der Waals surface area contributed by atoms with Crippen molar-refractivity contribution in [3.63, 3.8) is 0 Å². The third-order valence-corrected chi connectivity index (χ3v) is 4.66. The Balaban J connectivity index is 2.12. The van der Waals surface area contributed by atoms with Gasteiger partial charge in [-0.25, -0.2) is 0 Å². The van der Waals surface area contributed by atoms with Crippen LogP contribution in [-0.4, -0.2) is 23.2 Å². The van der Waals surface area contributed by atoms with E-state index in [-0.39, 0.29) is 12.6 Å². The summed E-state index contributed by atoms with van der Waals surface area (Å²) >= 11 is 5.98. The number of benzene rings is 2. The van der Waals surface area contributed by atoms with Crippen molar-refractivity contribution in [1.82, 2.24) is 0 Å². The molecule has 0 saturated carbocycles. The quantitative estimate of drug-likeness (QED) is 0.863. The number of fused-ring (bicyclic) bond motifs is 1. The van der Waals surface area contributed by atoms with Crippen molar-refractivity contribution in [1.29, 1.82) is 5.26 Å². The van der Waals surface area contributed by atoms with Crippen molar-refractivity contribution in [2.24, 2.45) is 0 Å². The first-order valence-electron chi connectivity index (χ1n) is 8.26. The zero-order chi connectivity index (χ0) is 18.9. The van der Waals surface area contributed by atoms with E-state index in [2.05, 4.69) is 6.07 Å². The molecule has 0 radical (unpaired) electrons. The molecule has 0 aromatic heterocycles. The first-order valence-corrected chi connectivity index (χ1v) is 8.64. The van der Waals surface area contributed by atoms with E-state index < -0.39 is 11.6 Å². The molecule has 0 bridgehead atoms. The van der Waals surface area contributed by atoms with Gasteiger partial charge in [0.1, 0.15) is 17.9 Å². The summed E-state index contributed by atoms with van der Waals surface area (Å²) in [6, 6.07) is 14.3. The van der Waals surface area contributed by atoms with Gasteiger partial charge in [-0.05, 0) is 56.3 Å². The van der Waals surface area contributed by atoms with Gasteiger partial charge in [0.05, 0.1) is 17.7 Å². The van der Waals surface area contributed by atoms with Gasteiger partial charge in [0.25, 0.3) is 0 Å². The summed E-state index contributed by atoms with van der Waals surface area (Å²) in [5, 5.41) is 19.3. The van der Waals surface area contributed by atoms with Gasteiger partial charge < -0.3 is 14.7 Å². The van der Waals surface area contributed by atoms with Crippen LogP contribution < -0.4 is 9.64 Å². The van der Waals surface area contributed by atoms with Gasteiger partial charge in [0.15, 0.2) is 0 Å². The number of nitriles is 1. The van der Waals surface area contributed by atoms with Gasteiger partial charge in [0, 0.05) is 22.7 Å². The van der Waals surface area contributed by atoms with Crippen LogP contribution in [0.25, 0.3) is 0 Å². The molecule has 1 atom stereocenters. The summed E-state index contributed by atoms with van der Waals surface area (Å²) in [5.74, 6) is -0.253. The molecule has 1 heterocycles. The average Bonchev–Trinajstić information content (AvgIpc) is 2.58. The third-order valence-electron chi connectivity index (χ3n) is 4.41. The van der Waals surface area contributed by atoms with Crippen LogP contribution in [0.1, 0.15) is 37.4 Å². The predicted molar refractivity (Wildman–Crippen MR) is 99.7 cm³/mol. The van der Waals surface area contributed by atoms with Crippen molar-refractivity contribution < 1.29 is 14.6 Å². The SMILES string of the molecule is CC1(C)CC(N(CC(=O)O)c2ccc(Cl)cc2)c2cc(C#N)ccc2O1. The van der Waals surface area contributed by atoms with E-state index in [4.69, 9.17) is 16.3 Å². The van der Waals surface area contributed by atoms with Crippen molar-refractivity contribution in [2.45, 2.75) is 31.9 Å². The van der Waals surface area contributed by atoms with E-state index in [0.717, 1.165) is 11.3 Å². The summed E-state index contributed by atoms with van der Waals surface area (Å²) < 4.78 is 6.05. The number of rotatable bonds is 4. The molecule has 134 valence electrons. The van der Waals surface area contributed by atoms with E-state index in [1.54, 1.807) is 30.3 Å². The molecule has 1 aliphatic rings. The van der Waals surface area contributed by atoms with Crippen molar-refractivity contribution >= 4 is 23.3 Å². The fraction of sp³-hybridized carbons (Fsp3) is 0.300. The fourth-order valence-corrected chi connectivity index (χ4v) is 3.45. The smallest absolute Gasteiger partial charge is 0.323 e. The highest BCUT2D eigenvalue weighted by molar-refractivity contribution is 6.30. The molecule has 1 N–H and O–H groups in total. The Morgan fingerprint density at radius 3 is 2.65 bits per heavy atom. The van der Waals surface area contributed by atoms with Gasteiger partial charge in [-0.3, -0.25) is 4.79 Å². The Morgan fingerprint density at radius 1 is 1.35 bits per heavy atom. The molecule has 1 aliphatic heterocycles. The van der Waals surface area contributed by atoms with Crippen LogP contribution in [0.2, 0.25) is 5.02 Å². The molecular formula is C20H19ClN2O3. The molecule has 26 heavy (non-hydrogen) atoms. The molecule has 0 saturated heterocycles. The van der Waals surface area contributed by atoms with Gasteiger partial charge in [-0.15, -0.1) is 0 Å². The van der Waals surface area contributed by atoms with Crippen molar-refractivity contribution in [3.05, 3.63) is 58.6 Å². The summed E-state index contributed by atoms with van der Waals surface area (Å²) in [6.07, 6.45) is 0.588. The minimum atomic E-state index is -0.928. The molecule has 2 aromatic carbocycles. The van der Waals surface area contributed by atoms with E-state index in [1.807, 2.05) is 30.9 Å². The van der Waals surface area contributed by atoms with Gasteiger partial charge in [-0.2, -0.15) is 5.26 Å². The highest BCUT2D eigenvalue weighted by Crippen LogP contribution is 2.44. The monoisotopic (exact) mass is 370 g/mol. The minimum absolute atomic E-state index is 0.168. The third kappa shape index (κ3) is 3.76. The highest BCUT2D eigenvalue weighted by Gasteiger charge is 2.37. The molecule has 0 amide bonds. The lowest BCUT2D eigenvalue weighted by molar-refractivity contribution is -0.135. The number of carboxylic acid groups (broad SMARTS) is 1. The Bertz CT molecular complexity index is 872. The molecule has 3 rings (SSSR count). The van der Waals surface area contributed by atoms with Crippen molar-refractivity contribution in [2.75, 3.05) is 11.4 Å². The lowest BCUT2D eigenvalue weighted by Crippen LogP contribution is -2.43. The maximum atomic E-state index is 11.5. The number of nitrogens with zero attached hydrogens (tertiary/aromatic N) is 2. The van der Waals surface area contributed by atoms with Gasteiger partial charge in [0.2, 0.25) is 0 Å². The van der Waals surface area contributed by atoms with Crippen LogP contribution >= 0.6 is 11.6 Å². The summed E-state index contributed by atoms with van der Waals surface area (Å²) in [5.41, 5.74) is 1.63. The maximum absolute atomic E-state index is 11.5. The van der Waals surface area contributed by atoms with Crippen LogP contribution in [-0.2, 0) is 4.79 Å². The Morgan fingerprint density at radius 2 is 2.04 bits per heavy atom. The Hall–Kier alpha value is -2.71. The second-order valence-electron chi connectivity index (χ2n) is 6.94. The normalized spacial score (nSPS) is 17.5. The van der Waals surface area contributed by atoms with Crippen LogP contribution in [0.4, 0.5) is 5.69 Å². The van der Waals surface area contributed by atoms with E-state index >= 15 is 0 Å². The van der Waals surface area contributed by atoms with Crippen molar-refractivity contribution in [3.8, 4) is 11.8 Å². The summed E-state index contributed by atoms with van der Waals surface area (Å²) in [6.45, 7) is 3.78. The second kappa shape index (κ2) is 6.89. The largest absolute Gasteiger partial charge is 0.487 e. The molecule has 0 spiro atoms. The summed E-state index contributed by atoms with van der Waals surface area (Å²) in [7, 11) is 0. The lowest BCUT2D eigenvalue weighted by atomic mass is 9.87. The number of halogens is 1. The number of anilines is 1.